The van der Waals surface area contributed by atoms with Gasteiger partial charge in [-0.25, -0.2) is 9.13 Å². The Bertz CT molecular complexity index is 1780. The zero-order valence-electron chi connectivity index (χ0n) is 58.8. The van der Waals surface area contributed by atoms with Crippen LogP contribution in [0.5, 0.6) is 0 Å². The normalized spacial score (nSPS) is 14.6. The Morgan fingerprint density at radius 1 is 0.311 bits per heavy atom. The molecule has 0 saturated carbocycles. The molecule has 0 heterocycles. The van der Waals surface area contributed by atoms with E-state index in [-0.39, 0.29) is 25.7 Å². The SMILES string of the molecule is CCC(C)CCCCCCCCC(=O)O[C@H](COC(=O)CCCCCCCCC(C)C)COP(=O)(O)OC[C@H](O)COP(=O)(O)OC[C@@H](COC(=O)CCCCCCCCCCCCCCCCCCC(C)C)OC(=O)CCCCCCCCCCCC(C)C. The maximum atomic E-state index is 13.0. The third kappa shape index (κ3) is 63.5. The van der Waals surface area contributed by atoms with E-state index in [0.29, 0.717) is 31.6 Å². The first-order valence-electron chi connectivity index (χ1n) is 36.7. The number of hydrogen-bond donors (Lipinski definition) is 3. The Kier molecular flexibility index (Phi) is 59.4. The minimum Gasteiger partial charge on any atom is -0.462 e. The summed E-state index contributed by atoms with van der Waals surface area (Å²) in [7, 11) is -9.90. The van der Waals surface area contributed by atoms with E-state index in [1.807, 2.05) is 0 Å². The first-order chi connectivity index (χ1) is 43.1. The van der Waals surface area contributed by atoms with Crippen LogP contribution in [-0.4, -0.2) is 96.7 Å². The molecular formula is C71H138O17P2. The summed E-state index contributed by atoms with van der Waals surface area (Å²) in [6, 6.07) is 0. The highest BCUT2D eigenvalue weighted by molar-refractivity contribution is 7.47. The van der Waals surface area contributed by atoms with Gasteiger partial charge < -0.3 is 33.8 Å². The summed E-state index contributed by atoms with van der Waals surface area (Å²) in [5, 5.41) is 10.6. The zero-order chi connectivity index (χ0) is 66.8. The number of carbonyl (C=O) groups is 4. The van der Waals surface area contributed by atoms with Crippen LogP contribution in [0, 0.1) is 23.7 Å². The Morgan fingerprint density at radius 3 is 0.789 bits per heavy atom. The number of hydrogen-bond acceptors (Lipinski definition) is 15. The largest absolute Gasteiger partial charge is 0.472 e. The quantitative estimate of drug-likeness (QED) is 0.0222. The van der Waals surface area contributed by atoms with Crippen molar-refractivity contribution in [2.24, 2.45) is 23.7 Å². The van der Waals surface area contributed by atoms with E-state index in [1.165, 1.54) is 148 Å². The molecule has 0 spiro atoms. The maximum Gasteiger partial charge on any atom is 0.472 e. The maximum absolute atomic E-state index is 13.0. The molecule has 0 rings (SSSR count). The Balaban J connectivity index is 5.18. The van der Waals surface area contributed by atoms with Crippen LogP contribution in [0.15, 0.2) is 0 Å². The lowest BCUT2D eigenvalue weighted by molar-refractivity contribution is -0.161. The molecule has 0 saturated heterocycles. The van der Waals surface area contributed by atoms with Crippen molar-refractivity contribution < 1.29 is 80.2 Å². The fourth-order valence-electron chi connectivity index (χ4n) is 10.6. The molecule has 0 aliphatic carbocycles. The average molecular weight is 1330 g/mol. The van der Waals surface area contributed by atoms with Gasteiger partial charge in [0, 0.05) is 25.7 Å². The van der Waals surface area contributed by atoms with Crippen LogP contribution >= 0.6 is 15.6 Å². The second kappa shape index (κ2) is 60.7. The zero-order valence-corrected chi connectivity index (χ0v) is 60.6. The molecule has 6 atom stereocenters. The molecule has 0 aromatic carbocycles. The van der Waals surface area contributed by atoms with E-state index in [9.17, 15) is 43.2 Å². The molecule has 17 nitrogen and oxygen atoms in total. The van der Waals surface area contributed by atoms with Crippen molar-refractivity contribution >= 4 is 39.5 Å². The van der Waals surface area contributed by atoms with Crippen molar-refractivity contribution in [3.05, 3.63) is 0 Å². The van der Waals surface area contributed by atoms with Crippen LogP contribution in [0.1, 0.15) is 351 Å². The average Bonchev–Trinajstić information content (AvgIpc) is 2.72. The number of phosphoric acid groups is 2. The number of unbranched alkanes of at least 4 members (excludes halogenated alkanes) is 33. The molecule has 0 aliphatic heterocycles. The molecule has 0 aromatic heterocycles. The van der Waals surface area contributed by atoms with Crippen molar-refractivity contribution in [2.75, 3.05) is 39.6 Å². The van der Waals surface area contributed by atoms with E-state index >= 15 is 0 Å². The van der Waals surface area contributed by atoms with Gasteiger partial charge in [0.25, 0.3) is 0 Å². The summed E-state index contributed by atoms with van der Waals surface area (Å²) in [6.45, 7) is 14.0. The van der Waals surface area contributed by atoms with Gasteiger partial charge in [0.2, 0.25) is 0 Å². The fourth-order valence-corrected chi connectivity index (χ4v) is 12.2. The number of ether oxygens (including phenoxy) is 4. The third-order valence-electron chi connectivity index (χ3n) is 16.7. The second-order valence-corrected chi connectivity index (χ2v) is 30.2. The first-order valence-corrected chi connectivity index (χ1v) is 39.7. The van der Waals surface area contributed by atoms with Gasteiger partial charge in [0.15, 0.2) is 12.2 Å². The van der Waals surface area contributed by atoms with Gasteiger partial charge in [-0.1, -0.05) is 299 Å². The van der Waals surface area contributed by atoms with E-state index in [0.717, 1.165) is 114 Å². The van der Waals surface area contributed by atoms with E-state index in [2.05, 4.69) is 55.4 Å². The molecular weight excluding hydrogens is 1190 g/mol. The summed E-state index contributed by atoms with van der Waals surface area (Å²) in [5.74, 6) is 0.815. The second-order valence-electron chi connectivity index (χ2n) is 27.3. The van der Waals surface area contributed by atoms with E-state index < -0.39 is 97.5 Å². The lowest BCUT2D eigenvalue weighted by Crippen LogP contribution is -2.30. The van der Waals surface area contributed by atoms with Gasteiger partial charge in [0.05, 0.1) is 26.4 Å². The highest BCUT2D eigenvalue weighted by atomic mass is 31.2. The molecule has 0 aromatic rings. The molecule has 19 heteroatoms. The standard InChI is InChI=1S/C71H138O17P2/c1-9-64(8)50-42-34-28-30-38-46-54-71(76)88-67(58-82-69(74)52-44-36-29-27-33-41-49-63(6)7)60-86-90(79,80)84-56-65(72)55-83-89(77,78)85-59-66(87-70(75)53-45-37-26-22-18-20-24-32-40-48-62(4)5)57-81-68(73)51-43-35-25-21-17-15-13-11-10-12-14-16-19-23-31-39-47-61(2)3/h61-67,72H,9-60H2,1-8H3,(H,77,78)(H,79,80)/t64?,65-,66-,67-/m1/s1. The topological polar surface area (TPSA) is 237 Å². The lowest BCUT2D eigenvalue weighted by Gasteiger charge is -2.21. The molecule has 3 N–H and O–H groups in total. The molecule has 0 fully saturated rings. The molecule has 0 radical (unpaired) electrons. The van der Waals surface area contributed by atoms with Crippen molar-refractivity contribution in [1.82, 2.24) is 0 Å². The molecule has 0 amide bonds. The van der Waals surface area contributed by atoms with Gasteiger partial charge in [0.1, 0.15) is 19.3 Å². The Labute approximate surface area is 549 Å². The van der Waals surface area contributed by atoms with E-state index in [4.69, 9.17) is 37.0 Å². The molecule has 3 unspecified atom stereocenters. The van der Waals surface area contributed by atoms with Crippen molar-refractivity contribution in [1.29, 1.82) is 0 Å². The number of aliphatic hydroxyl groups is 1. The number of phosphoric ester groups is 2. The highest BCUT2D eigenvalue weighted by Crippen LogP contribution is 2.45. The van der Waals surface area contributed by atoms with Crippen molar-refractivity contribution in [3.63, 3.8) is 0 Å². The summed E-state index contributed by atoms with van der Waals surface area (Å²) >= 11 is 0. The monoisotopic (exact) mass is 1320 g/mol. The van der Waals surface area contributed by atoms with Crippen LogP contribution in [0.4, 0.5) is 0 Å². The van der Waals surface area contributed by atoms with Crippen molar-refractivity contribution in [2.45, 2.75) is 369 Å². The molecule has 534 valence electrons. The number of esters is 4. The van der Waals surface area contributed by atoms with Crippen molar-refractivity contribution in [3.8, 4) is 0 Å². The van der Waals surface area contributed by atoms with Gasteiger partial charge in [-0.05, 0) is 49.4 Å². The molecule has 90 heavy (non-hydrogen) atoms. The Hall–Kier alpha value is -1.94. The van der Waals surface area contributed by atoms with Gasteiger partial charge in [-0.3, -0.25) is 37.3 Å². The number of rotatable bonds is 68. The predicted octanol–water partition coefficient (Wildman–Crippen LogP) is 20.1. The van der Waals surface area contributed by atoms with Gasteiger partial charge in [-0.2, -0.15) is 0 Å². The fraction of sp³-hybridized carbons (Fsp3) is 0.944. The predicted molar refractivity (Wildman–Crippen MR) is 363 cm³/mol. The lowest BCUT2D eigenvalue weighted by atomic mass is 10.00. The van der Waals surface area contributed by atoms with Crippen LogP contribution in [-0.2, 0) is 65.4 Å². The smallest absolute Gasteiger partial charge is 0.462 e. The summed E-state index contributed by atoms with van der Waals surface area (Å²) in [5.41, 5.74) is 0. The summed E-state index contributed by atoms with van der Waals surface area (Å²) < 4.78 is 68.2. The van der Waals surface area contributed by atoms with Crippen LogP contribution in [0.3, 0.4) is 0 Å². The Morgan fingerprint density at radius 2 is 0.533 bits per heavy atom. The van der Waals surface area contributed by atoms with Crippen LogP contribution in [0.25, 0.3) is 0 Å². The third-order valence-corrected chi connectivity index (χ3v) is 18.6. The summed E-state index contributed by atoms with van der Waals surface area (Å²) in [6.07, 6.45) is 43.4. The minimum absolute atomic E-state index is 0.101. The van der Waals surface area contributed by atoms with Gasteiger partial charge in [-0.15, -0.1) is 0 Å². The van der Waals surface area contributed by atoms with Gasteiger partial charge >= 0.3 is 39.5 Å². The molecule has 0 aliphatic rings. The molecule has 0 bridgehead atoms. The minimum atomic E-state index is -4.95. The summed E-state index contributed by atoms with van der Waals surface area (Å²) in [4.78, 5) is 72.5. The van der Waals surface area contributed by atoms with E-state index in [1.54, 1.807) is 0 Å². The van der Waals surface area contributed by atoms with Crippen LogP contribution < -0.4 is 0 Å². The number of carbonyl (C=O) groups excluding carboxylic acids is 4. The number of aliphatic hydroxyl groups excluding tert-OH is 1. The highest BCUT2D eigenvalue weighted by Gasteiger charge is 2.30. The first kappa shape index (κ1) is 88.1. The van der Waals surface area contributed by atoms with Crippen LogP contribution in [0.2, 0.25) is 0 Å².